The number of carbonyl (C=O) groups excluding carboxylic acids is 1. The van der Waals surface area contributed by atoms with Gasteiger partial charge in [-0.15, -0.1) is 0 Å². The van der Waals surface area contributed by atoms with Crippen molar-refractivity contribution in [3.63, 3.8) is 0 Å². The van der Waals surface area contributed by atoms with Crippen LogP contribution in [0.3, 0.4) is 0 Å². The van der Waals surface area contributed by atoms with E-state index < -0.39 is 24.2 Å². The number of ether oxygens (including phenoxy) is 3. The minimum atomic E-state index is -0.608. The minimum Gasteiger partial charge on any atom is -0.457 e. The van der Waals surface area contributed by atoms with Crippen LogP contribution in [0, 0.1) is 0 Å². The molecule has 1 saturated heterocycles. The molecule has 1 aromatic rings. The Kier molecular flexibility index (Phi) is 6.61. The number of benzene rings is 1. The monoisotopic (exact) mass is 333 g/mol. The zero-order valence-electron chi connectivity index (χ0n) is 14.2. The first-order chi connectivity index (χ1) is 11.6. The van der Waals surface area contributed by atoms with Crippen molar-refractivity contribution in [1.82, 2.24) is 0 Å². The predicted molar refractivity (Wildman–Crippen MR) is 88.1 cm³/mol. The molecule has 1 aliphatic rings. The average molecular weight is 333 g/mol. The lowest BCUT2D eigenvalue weighted by Crippen LogP contribution is -2.58. The summed E-state index contributed by atoms with van der Waals surface area (Å²) in [4.78, 5) is 14.4. The molecular formula is C17H23N3O4. The van der Waals surface area contributed by atoms with Gasteiger partial charge in [0, 0.05) is 11.8 Å². The fourth-order valence-corrected chi connectivity index (χ4v) is 2.95. The lowest BCUT2D eigenvalue weighted by molar-refractivity contribution is -0.210. The molecule has 0 saturated carbocycles. The summed E-state index contributed by atoms with van der Waals surface area (Å²) < 4.78 is 17.4. The molecule has 24 heavy (non-hydrogen) atoms. The molecule has 7 nitrogen and oxygen atoms in total. The Morgan fingerprint density at radius 1 is 1.33 bits per heavy atom. The minimum absolute atomic E-state index is 0.296. The number of nitrogens with zero attached hydrogens (tertiary/aromatic N) is 3. The summed E-state index contributed by atoms with van der Waals surface area (Å²) in [5, 5.41) is 3.82. The topological polar surface area (TPSA) is 93.5 Å². The van der Waals surface area contributed by atoms with E-state index in [9.17, 15) is 4.79 Å². The Balaban J connectivity index is 2.24. The molecule has 1 aliphatic heterocycles. The van der Waals surface area contributed by atoms with Crippen LogP contribution in [-0.2, 0) is 25.6 Å². The van der Waals surface area contributed by atoms with Crippen molar-refractivity contribution in [3.05, 3.63) is 46.3 Å². The Bertz CT molecular complexity index is 589. The molecule has 2 rings (SSSR count). The molecule has 7 heteroatoms. The fourth-order valence-electron chi connectivity index (χ4n) is 2.95. The normalized spacial score (nSPS) is 29.5. The van der Waals surface area contributed by atoms with E-state index in [1.807, 2.05) is 44.2 Å². The van der Waals surface area contributed by atoms with Gasteiger partial charge in [0.2, 0.25) is 0 Å². The van der Waals surface area contributed by atoms with Crippen molar-refractivity contribution in [2.75, 3.05) is 0 Å². The molecular weight excluding hydrogens is 310 g/mol. The van der Waals surface area contributed by atoms with Gasteiger partial charge < -0.3 is 14.2 Å². The van der Waals surface area contributed by atoms with Crippen LogP contribution in [-0.4, -0.2) is 36.4 Å². The lowest BCUT2D eigenvalue weighted by atomic mass is 9.92. The van der Waals surface area contributed by atoms with Gasteiger partial charge in [0.15, 0.2) is 6.10 Å². The van der Waals surface area contributed by atoms with Gasteiger partial charge in [-0.3, -0.25) is 4.79 Å². The SMILES string of the molecule is CCC1O[C@H](C)[C@@H](N=[N+]=[N-])[C@H](OCc2ccccc2)[C@@H]1OC(C)=O. The molecule has 0 bridgehead atoms. The van der Waals surface area contributed by atoms with Crippen molar-refractivity contribution in [3.8, 4) is 0 Å². The van der Waals surface area contributed by atoms with Crippen molar-refractivity contribution >= 4 is 5.97 Å². The fraction of sp³-hybridized carbons (Fsp3) is 0.588. The summed E-state index contributed by atoms with van der Waals surface area (Å²) in [6.07, 6.45) is -1.12. The van der Waals surface area contributed by atoms with Gasteiger partial charge in [-0.2, -0.15) is 0 Å². The number of rotatable bonds is 6. The van der Waals surface area contributed by atoms with Gasteiger partial charge in [-0.25, -0.2) is 0 Å². The summed E-state index contributed by atoms with van der Waals surface area (Å²) in [6.45, 7) is 5.48. The van der Waals surface area contributed by atoms with E-state index in [-0.39, 0.29) is 12.2 Å². The van der Waals surface area contributed by atoms with Gasteiger partial charge in [0.05, 0.1) is 24.9 Å². The van der Waals surface area contributed by atoms with E-state index in [1.54, 1.807) is 0 Å². The summed E-state index contributed by atoms with van der Waals surface area (Å²) in [7, 11) is 0. The molecule has 0 aromatic heterocycles. The first-order valence-electron chi connectivity index (χ1n) is 8.09. The second-order valence-electron chi connectivity index (χ2n) is 5.82. The Hall–Kier alpha value is -2.08. The predicted octanol–water partition coefficient (Wildman–Crippen LogP) is 3.38. The highest BCUT2D eigenvalue weighted by Crippen LogP contribution is 2.30. The lowest BCUT2D eigenvalue weighted by Gasteiger charge is -2.43. The number of carbonyl (C=O) groups is 1. The number of hydrogen-bond acceptors (Lipinski definition) is 5. The van der Waals surface area contributed by atoms with E-state index in [4.69, 9.17) is 19.7 Å². The van der Waals surface area contributed by atoms with Crippen LogP contribution in [0.1, 0.15) is 32.8 Å². The zero-order valence-corrected chi connectivity index (χ0v) is 14.2. The van der Waals surface area contributed by atoms with Crippen molar-refractivity contribution < 1.29 is 19.0 Å². The largest absolute Gasteiger partial charge is 0.457 e. The van der Waals surface area contributed by atoms with Crippen LogP contribution in [0.5, 0.6) is 0 Å². The van der Waals surface area contributed by atoms with E-state index in [1.165, 1.54) is 6.92 Å². The van der Waals surface area contributed by atoms with E-state index >= 15 is 0 Å². The van der Waals surface area contributed by atoms with Crippen molar-refractivity contribution in [2.45, 2.75) is 64.3 Å². The van der Waals surface area contributed by atoms with Crippen LogP contribution >= 0.6 is 0 Å². The van der Waals surface area contributed by atoms with Gasteiger partial charge in [0.1, 0.15) is 6.10 Å². The Labute approximate surface area is 141 Å². The summed E-state index contributed by atoms with van der Waals surface area (Å²) in [5.74, 6) is -0.412. The molecule has 0 spiro atoms. The van der Waals surface area contributed by atoms with Gasteiger partial charge in [-0.1, -0.05) is 42.4 Å². The van der Waals surface area contributed by atoms with Crippen LogP contribution in [0.4, 0.5) is 0 Å². The number of esters is 1. The number of hydrogen-bond donors (Lipinski definition) is 0. The molecule has 5 atom stereocenters. The zero-order chi connectivity index (χ0) is 17.5. The first-order valence-corrected chi connectivity index (χ1v) is 8.09. The van der Waals surface area contributed by atoms with Gasteiger partial charge in [-0.05, 0) is 24.4 Å². The third-order valence-electron chi connectivity index (χ3n) is 4.07. The Morgan fingerprint density at radius 3 is 2.62 bits per heavy atom. The summed E-state index contributed by atoms with van der Waals surface area (Å²) in [6, 6.07) is 9.11. The van der Waals surface area contributed by atoms with Crippen molar-refractivity contribution in [2.24, 2.45) is 5.11 Å². The molecule has 1 unspecified atom stereocenters. The van der Waals surface area contributed by atoms with Gasteiger partial charge >= 0.3 is 5.97 Å². The average Bonchev–Trinajstić information content (AvgIpc) is 2.57. The molecule has 0 radical (unpaired) electrons. The third kappa shape index (κ3) is 4.47. The molecule has 1 heterocycles. The van der Waals surface area contributed by atoms with E-state index in [2.05, 4.69) is 10.0 Å². The summed E-state index contributed by atoms with van der Waals surface area (Å²) >= 11 is 0. The maximum absolute atomic E-state index is 11.5. The smallest absolute Gasteiger partial charge is 0.303 e. The highest BCUT2D eigenvalue weighted by Gasteiger charge is 2.46. The second-order valence-corrected chi connectivity index (χ2v) is 5.82. The van der Waals surface area contributed by atoms with E-state index in [0.29, 0.717) is 13.0 Å². The quantitative estimate of drug-likeness (QED) is 0.345. The van der Waals surface area contributed by atoms with Crippen LogP contribution < -0.4 is 0 Å². The van der Waals surface area contributed by atoms with Crippen LogP contribution in [0.25, 0.3) is 10.4 Å². The molecule has 0 aliphatic carbocycles. The standard InChI is InChI=1S/C17H23N3O4/c1-4-14-16(24-12(3)21)17(15(19-20-18)11(2)23-14)22-10-13-8-6-5-7-9-13/h5-9,11,14-17H,4,10H2,1-3H3/t11-,14?,15-,16-,17+/m1/s1. The molecule has 1 aromatic carbocycles. The summed E-state index contributed by atoms with van der Waals surface area (Å²) in [5.41, 5.74) is 9.86. The first kappa shape index (κ1) is 18.3. The molecule has 130 valence electrons. The maximum atomic E-state index is 11.5. The van der Waals surface area contributed by atoms with Gasteiger partial charge in [0.25, 0.3) is 0 Å². The third-order valence-corrected chi connectivity index (χ3v) is 4.07. The molecule has 0 N–H and O–H groups in total. The Morgan fingerprint density at radius 2 is 2.04 bits per heavy atom. The van der Waals surface area contributed by atoms with Crippen LogP contribution in [0.2, 0.25) is 0 Å². The highest BCUT2D eigenvalue weighted by atomic mass is 16.6. The van der Waals surface area contributed by atoms with E-state index in [0.717, 1.165) is 5.56 Å². The number of azide groups is 1. The maximum Gasteiger partial charge on any atom is 0.303 e. The highest BCUT2D eigenvalue weighted by molar-refractivity contribution is 5.66. The van der Waals surface area contributed by atoms with Crippen molar-refractivity contribution in [1.29, 1.82) is 0 Å². The van der Waals surface area contributed by atoms with Crippen LogP contribution in [0.15, 0.2) is 35.4 Å². The molecule has 0 amide bonds. The molecule has 1 fully saturated rings. The second kappa shape index (κ2) is 8.68.